The van der Waals surface area contributed by atoms with E-state index >= 15 is 0 Å². The molecule has 1 amide bonds. The molecule has 0 spiro atoms. The van der Waals surface area contributed by atoms with Gasteiger partial charge in [0.1, 0.15) is 17.7 Å². The minimum Gasteiger partial charge on any atom is -0.344 e. The molecule has 0 aliphatic heterocycles. The quantitative estimate of drug-likeness (QED) is 0.707. The van der Waals surface area contributed by atoms with E-state index in [1.54, 1.807) is 12.1 Å². The number of halogens is 1. The number of nitriles is 1. The number of carbonyl (C=O) groups excluding carboxylic acids is 1. The fourth-order valence-corrected chi connectivity index (χ4v) is 3.13. The highest BCUT2D eigenvalue weighted by molar-refractivity contribution is 6.07. The van der Waals surface area contributed by atoms with E-state index in [1.807, 2.05) is 51.1 Å². The summed E-state index contributed by atoms with van der Waals surface area (Å²) in [4.78, 5) is 17.9. The number of nitrogens with zero attached hydrogens (tertiary/aromatic N) is 2. The van der Waals surface area contributed by atoms with Gasteiger partial charge < -0.3 is 4.98 Å². The van der Waals surface area contributed by atoms with Gasteiger partial charge >= 0.3 is 0 Å². The van der Waals surface area contributed by atoms with Crippen molar-refractivity contribution < 1.29 is 9.18 Å². The van der Waals surface area contributed by atoms with Gasteiger partial charge in [-0.3, -0.25) is 9.69 Å². The molecule has 5 heteroatoms. The molecule has 27 heavy (non-hydrogen) atoms. The summed E-state index contributed by atoms with van der Waals surface area (Å²) in [5, 5.41) is 9.64. The first kappa shape index (κ1) is 18.4. The highest BCUT2D eigenvalue weighted by Gasteiger charge is 2.30. The molecule has 0 fully saturated rings. The molecule has 3 rings (SSSR count). The van der Waals surface area contributed by atoms with Gasteiger partial charge in [0.25, 0.3) is 5.91 Å². The van der Waals surface area contributed by atoms with Crippen molar-refractivity contribution in [1.82, 2.24) is 4.98 Å². The molecular formula is C22H20FN3O. The molecule has 136 valence electrons. The van der Waals surface area contributed by atoms with E-state index in [-0.39, 0.29) is 5.56 Å². The Morgan fingerprint density at radius 1 is 1.11 bits per heavy atom. The van der Waals surface area contributed by atoms with Gasteiger partial charge in [0.05, 0.1) is 17.2 Å². The van der Waals surface area contributed by atoms with E-state index < -0.39 is 17.8 Å². The largest absolute Gasteiger partial charge is 0.344 e. The number of H-pyrrole nitrogens is 1. The topological polar surface area (TPSA) is 59.9 Å². The first-order valence-electron chi connectivity index (χ1n) is 8.68. The molecule has 0 bridgehead atoms. The fraction of sp³-hybridized carbons (Fsp3) is 0.182. The Kier molecular flexibility index (Phi) is 5.09. The van der Waals surface area contributed by atoms with E-state index in [4.69, 9.17) is 0 Å². The number of aromatic nitrogens is 1. The normalized spacial score (nSPS) is 11.7. The van der Waals surface area contributed by atoms with Crippen LogP contribution in [-0.2, 0) is 0 Å². The Labute approximate surface area is 157 Å². The number of aromatic amines is 1. The lowest BCUT2D eigenvalue weighted by Crippen LogP contribution is -2.35. The van der Waals surface area contributed by atoms with Crippen LogP contribution in [0.4, 0.5) is 10.2 Å². The van der Waals surface area contributed by atoms with Crippen molar-refractivity contribution in [1.29, 1.82) is 5.26 Å². The second-order valence-electron chi connectivity index (χ2n) is 6.45. The van der Waals surface area contributed by atoms with Gasteiger partial charge in [0.15, 0.2) is 0 Å². The zero-order valence-electron chi connectivity index (χ0n) is 15.5. The number of aryl methyl sites for hydroxylation is 1. The lowest BCUT2D eigenvalue weighted by Gasteiger charge is -2.29. The molecule has 3 aromatic rings. The van der Waals surface area contributed by atoms with Crippen molar-refractivity contribution in [3.63, 3.8) is 0 Å². The summed E-state index contributed by atoms with van der Waals surface area (Å²) in [5.74, 6) is -0.703. The summed E-state index contributed by atoms with van der Waals surface area (Å²) in [6, 6.07) is 17.1. The average Bonchev–Trinajstić information content (AvgIpc) is 2.96. The summed E-state index contributed by atoms with van der Waals surface area (Å²) in [5.41, 5.74) is 2.82. The highest BCUT2D eigenvalue weighted by Crippen LogP contribution is 2.33. The van der Waals surface area contributed by atoms with E-state index in [0.29, 0.717) is 11.4 Å². The Balaban J connectivity index is 2.19. The van der Waals surface area contributed by atoms with Crippen LogP contribution < -0.4 is 4.90 Å². The minimum absolute atomic E-state index is 0.0333. The third-order valence-corrected chi connectivity index (χ3v) is 4.83. The molecule has 1 atom stereocenters. The Bertz CT molecular complexity index is 1020. The summed E-state index contributed by atoms with van der Waals surface area (Å²) >= 11 is 0. The van der Waals surface area contributed by atoms with Crippen molar-refractivity contribution in [2.45, 2.75) is 26.8 Å². The van der Waals surface area contributed by atoms with Crippen LogP contribution >= 0.6 is 0 Å². The van der Waals surface area contributed by atoms with Crippen LogP contribution in [0.15, 0.2) is 54.6 Å². The molecule has 2 aromatic carbocycles. The maximum atomic E-state index is 14.3. The van der Waals surface area contributed by atoms with Crippen molar-refractivity contribution in [2.24, 2.45) is 0 Å². The van der Waals surface area contributed by atoms with Crippen LogP contribution in [0.5, 0.6) is 0 Å². The molecule has 1 unspecified atom stereocenters. The second kappa shape index (κ2) is 7.46. The highest BCUT2D eigenvalue weighted by atomic mass is 19.1. The SMILES string of the molecule is Cc1[nH]c(N(C(=O)c2ccccc2F)C(C)c2ccccc2)c(C#N)c1C. The van der Waals surface area contributed by atoms with Crippen LogP contribution in [0, 0.1) is 31.0 Å². The maximum absolute atomic E-state index is 14.3. The summed E-state index contributed by atoms with van der Waals surface area (Å²) in [7, 11) is 0. The summed E-state index contributed by atoms with van der Waals surface area (Å²) < 4.78 is 14.3. The van der Waals surface area contributed by atoms with E-state index in [2.05, 4.69) is 11.1 Å². The average molecular weight is 361 g/mol. The van der Waals surface area contributed by atoms with Crippen molar-refractivity contribution in [3.8, 4) is 6.07 Å². The number of benzene rings is 2. The summed E-state index contributed by atoms with van der Waals surface area (Å²) in [6.45, 7) is 5.53. The molecule has 0 aliphatic carbocycles. The van der Waals surface area contributed by atoms with Gasteiger partial charge in [0, 0.05) is 5.69 Å². The lowest BCUT2D eigenvalue weighted by molar-refractivity contribution is 0.0973. The molecule has 0 saturated heterocycles. The van der Waals surface area contributed by atoms with Crippen molar-refractivity contribution in [2.75, 3.05) is 4.90 Å². The number of hydrogen-bond acceptors (Lipinski definition) is 2. The Morgan fingerprint density at radius 3 is 2.37 bits per heavy atom. The molecule has 0 saturated carbocycles. The van der Waals surface area contributed by atoms with Gasteiger partial charge in [-0.25, -0.2) is 4.39 Å². The van der Waals surface area contributed by atoms with Gasteiger partial charge in [-0.05, 0) is 44.0 Å². The minimum atomic E-state index is -0.591. The number of carbonyl (C=O) groups is 1. The van der Waals surface area contributed by atoms with Gasteiger partial charge in [0.2, 0.25) is 0 Å². The number of nitrogens with one attached hydrogen (secondary N) is 1. The Morgan fingerprint density at radius 2 is 1.74 bits per heavy atom. The van der Waals surface area contributed by atoms with Crippen LogP contribution in [0.1, 0.15) is 45.7 Å². The first-order chi connectivity index (χ1) is 13.0. The third-order valence-electron chi connectivity index (χ3n) is 4.83. The lowest BCUT2D eigenvalue weighted by atomic mass is 10.0. The fourth-order valence-electron chi connectivity index (χ4n) is 3.13. The van der Waals surface area contributed by atoms with E-state index in [1.165, 1.54) is 17.0 Å². The molecule has 0 aliphatic rings. The summed E-state index contributed by atoms with van der Waals surface area (Å²) in [6.07, 6.45) is 0. The number of hydrogen-bond donors (Lipinski definition) is 1. The molecule has 1 N–H and O–H groups in total. The maximum Gasteiger partial charge on any atom is 0.262 e. The Hall–Kier alpha value is -3.39. The zero-order valence-corrected chi connectivity index (χ0v) is 15.5. The smallest absolute Gasteiger partial charge is 0.262 e. The molecule has 1 heterocycles. The molecular weight excluding hydrogens is 341 g/mol. The molecule has 0 radical (unpaired) electrons. The van der Waals surface area contributed by atoms with Crippen molar-refractivity contribution >= 4 is 11.7 Å². The van der Waals surface area contributed by atoms with Crippen molar-refractivity contribution in [3.05, 3.63) is 88.4 Å². The van der Waals surface area contributed by atoms with Gasteiger partial charge in [-0.15, -0.1) is 0 Å². The van der Waals surface area contributed by atoms with Crippen LogP contribution in [0.2, 0.25) is 0 Å². The van der Waals surface area contributed by atoms with E-state index in [0.717, 1.165) is 16.8 Å². The molecule has 1 aromatic heterocycles. The standard InChI is InChI=1S/C22H20FN3O/c1-14-15(2)25-21(19(14)13-24)26(16(3)17-9-5-4-6-10-17)22(27)18-11-7-8-12-20(18)23/h4-12,16,25H,1-3H3. The zero-order chi connectivity index (χ0) is 19.6. The first-order valence-corrected chi connectivity index (χ1v) is 8.68. The monoisotopic (exact) mass is 361 g/mol. The van der Waals surface area contributed by atoms with Gasteiger partial charge in [-0.1, -0.05) is 42.5 Å². The van der Waals surface area contributed by atoms with Crippen LogP contribution in [-0.4, -0.2) is 10.9 Å². The van der Waals surface area contributed by atoms with Gasteiger partial charge in [-0.2, -0.15) is 5.26 Å². The third kappa shape index (κ3) is 3.34. The molecule has 4 nitrogen and oxygen atoms in total. The number of rotatable bonds is 4. The number of anilines is 1. The second-order valence-corrected chi connectivity index (χ2v) is 6.45. The predicted molar refractivity (Wildman–Crippen MR) is 103 cm³/mol. The van der Waals surface area contributed by atoms with Crippen LogP contribution in [0.3, 0.4) is 0 Å². The number of amides is 1. The predicted octanol–water partition coefficient (Wildman–Crippen LogP) is 5.05. The van der Waals surface area contributed by atoms with E-state index in [9.17, 15) is 14.4 Å². The van der Waals surface area contributed by atoms with Crippen LogP contribution in [0.25, 0.3) is 0 Å².